The fraction of sp³-hybridized carbons (Fsp3) is 0.400. The summed E-state index contributed by atoms with van der Waals surface area (Å²) >= 11 is 0. The van der Waals surface area contributed by atoms with Crippen molar-refractivity contribution in [1.29, 1.82) is 0 Å². The molecule has 2 fully saturated rings. The van der Waals surface area contributed by atoms with E-state index in [2.05, 4.69) is 30.3 Å². The van der Waals surface area contributed by atoms with Crippen LogP contribution < -0.4 is 0 Å². The minimum Gasteiger partial charge on any atom is -0.480 e. The van der Waals surface area contributed by atoms with Crippen molar-refractivity contribution in [2.75, 3.05) is 6.54 Å². The molecule has 2 aliphatic rings. The van der Waals surface area contributed by atoms with Crippen molar-refractivity contribution in [3.05, 3.63) is 48.0 Å². The third-order valence-corrected chi connectivity index (χ3v) is 5.38. The third-order valence-electron chi connectivity index (χ3n) is 5.38. The number of carbonyl (C=O) groups excluding carboxylic acids is 1. The van der Waals surface area contributed by atoms with Gasteiger partial charge in [0.25, 0.3) is 0 Å². The van der Waals surface area contributed by atoms with Crippen molar-refractivity contribution in [1.82, 2.24) is 4.90 Å². The van der Waals surface area contributed by atoms with Gasteiger partial charge in [-0.15, -0.1) is 0 Å². The summed E-state index contributed by atoms with van der Waals surface area (Å²) in [5, 5.41) is 11.8. The van der Waals surface area contributed by atoms with Crippen molar-refractivity contribution in [3.8, 4) is 0 Å². The van der Waals surface area contributed by atoms with Crippen molar-refractivity contribution >= 4 is 22.6 Å². The van der Waals surface area contributed by atoms with Crippen LogP contribution in [0.1, 0.15) is 37.2 Å². The molecule has 1 aliphatic carbocycles. The van der Waals surface area contributed by atoms with Gasteiger partial charge in [0.1, 0.15) is 6.04 Å². The van der Waals surface area contributed by atoms with Gasteiger partial charge < -0.3 is 10.0 Å². The molecule has 4 heteroatoms. The van der Waals surface area contributed by atoms with E-state index in [4.69, 9.17) is 0 Å². The Labute approximate surface area is 141 Å². The van der Waals surface area contributed by atoms with Crippen LogP contribution in [0.25, 0.3) is 10.8 Å². The van der Waals surface area contributed by atoms with E-state index in [-0.39, 0.29) is 17.7 Å². The Morgan fingerprint density at radius 1 is 1.04 bits per heavy atom. The van der Waals surface area contributed by atoms with Gasteiger partial charge in [0.15, 0.2) is 0 Å². The van der Waals surface area contributed by atoms with E-state index in [9.17, 15) is 14.7 Å². The van der Waals surface area contributed by atoms with Crippen LogP contribution in [-0.4, -0.2) is 34.5 Å². The Hall–Kier alpha value is -2.36. The van der Waals surface area contributed by atoms with Crippen LogP contribution in [0.5, 0.6) is 0 Å². The number of hydrogen-bond acceptors (Lipinski definition) is 2. The lowest BCUT2D eigenvalue weighted by atomic mass is 10.00. The molecule has 24 heavy (non-hydrogen) atoms. The van der Waals surface area contributed by atoms with Gasteiger partial charge in [-0.25, -0.2) is 4.79 Å². The van der Waals surface area contributed by atoms with E-state index in [1.165, 1.54) is 16.3 Å². The minimum absolute atomic E-state index is 0.0280. The van der Waals surface area contributed by atoms with Gasteiger partial charge >= 0.3 is 5.97 Å². The second-order valence-electron chi connectivity index (χ2n) is 6.94. The van der Waals surface area contributed by atoms with Crippen molar-refractivity contribution < 1.29 is 14.7 Å². The molecular weight excluding hydrogens is 302 g/mol. The zero-order valence-corrected chi connectivity index (χ0v) is 13.5. The van der Waals surface area contributed by atoms with Gasteiger partial charge in [0.2, 0.25) is 5.91 Å². The smallest absolute Gasteiger partial charge is 0.326 e. The summed E-state index contributed by atoms with van der Waals surface area (Å²) in [7, 11) is 0. The number of fused-ring (bicyclic) bond motifs is 1. The summed E-state index contributed by atoms with van der Waals surface area (Å²) in [4.78, 5) is 25.8. The number of nitrogens with zero attached hydrogens (tertiary/aromatic N) is 1. The highest BCUT2D eigenvalue weighted by Gasteiger charge is 2.48. The van der Waals surface area contributed by atoms with Crippen molar-refractivity contribution in [3.63, 3.8) is 0 Å². The maximum Gasteiger partial charge on any atom is 0.326 e. The number of likely N-dealkylation sites (tertiary alicyclic amines) is 1. The van der Waals surface area contributed by atoms with E-state index in [1.54, 1.807) is 4.90 Å². The lowest BCUT2D eigenvalue weighted by Gasteiger charge is -2.33. The molecule has 1 saturated heterocycles. The SMILES string of the molecule is O=C(O)[C@H]1CCCCN1C(=O)C1CC1c1ccc2ccccc2c1. The first-order valence-corrected chi connectivity index (χ1v) is 8.67. The highest BCUT2D eigenvalue weighted by molar-refractivity contribution is 5.89. The van der Waals surface area contributed by atoms with Crippen LogP contribution in [0.4, 0.5) is 0 Å². The van der Waals surface area contributed by atoms with Crippen LogP contribution in [0.2, 0.25) is 0 Å². The maximum atomic E-state index is 12.8. The lowest BCUT2D eigenvalue weighted by Crippen LogP contribution is -2.48. The van der Waals surface area contributed by atoms with Crippen molar-refractivity contribution in [2.24, 2.45) is 5.92 Å². The number of aliphatic carboxylic acids is 1. The predicted octanol–water partition coefficient (Wildman–Crippen LogP) is 3.41. The molecule has 1 aliphatic heterocycles. The predicted molar refractivity (Wildman–Crippen MR) is 91.8 cm³/mol. The molecule has 1 saturated carbocycles. The second kappa shape index (κ2) is 5.93. The molecule has 3 atom stereocenters. The molecule has 2 aromatic rings. The zero-order chi connectivity index (χ0) is 16.7. The van der Waals surface area contributed by atoms with E-state index in [1.807, 2.05) is 12.1 Å². The average molecular weight is 323 g/mol. The summed E-state index contributed by atoms with van der Waals surface area (Å²) in [6, 6.07) is 13.9. The van der Waals surface area contributed by atoms with Crippen LogP contribution >= 0.6 is 0 Å². The van der Waals surface area contributed by atoms with Crippen LogP contribution in [0.15, 0.2) is 42.5 Å². The molecule has 0 bridgehead atoms. The summed E-state index contributed by atoms with van der Waals surface area (Å²) in [5.41, 5.74) is 1.19. The molecule has 2 unspecified atom stereocenters. The zero-order valence-electron chi connectivity index (χ0n) is 13.5. The normalized spacial score (nSPS) is 26.3. The molecule has 2 aromatic carbocycles. The Bertz CT molecular complexity index is 800. The van der Waals surface area contributed by atoms with E-state index < -0.39 is 12.0 Å². The van der Waals surface area contributed by atoms with Crippen LogP contribution in [-0.2, 0) is 9.59 Å². The van der Waals surface area contributed by atoms with Crippen molar-refractivity contribution in [2.45, 2.75) is 37.6 Å². The van der Waals surface area contributed by atoms with Gasteiger partial charge in [-0.2, -0.15) is 0 Å². The molecule has 4 nitrogen and oxygen atoms in total. The standard InChI is InChI=1S/C20H21NO3/c22-19(21-10-4-3-7-18(21)20(23)24)17-12-16(17)15-9-8-13-5-1-2-6-14(13)11-15/h1-2,5-6,8-9,11,16-18H,3-4,7,10,12H2,(H,23,24)/t16?,17?,18-/m1/s1. The van der Waals surface area contributed by atoms with E-state index in [0.717, 1.165) is 19.3 Å². The first-order valence-electron chi connectivity index (χ1n) is 8.67. The first-order chi connectivity index (χ1) is 11.6. The first kappa shape index (κ1) is 15.2. The molecule has 124 valence electrons. The van der Waals surface area contributed by atoms with Crippen LogP contribution in [0.3, 0.4) is 0 Å². The molecule has 1 N–H and O–H groups in total. The quantitative estimate of drug-likeness (QED) is 0.942. The molecule has 0 radical (unpaired) electrons. The Kier molecular flexibility index (Phi) is 3.75. The largest absolute Gasteiger partial charge is 0.480 e. The Morgan fingerprint density at radius 2 is 1.83 bits per heavy atom. The minimum atomic E-state index is -0.869. The number of carboxylic acid groups (broad SMARTS) is 1. The fourth-order valence-corrected chi connectivity index (χ4v) is 3.94. The number of carbonyl (C=O) groups is 2. The number of hydrogen-bond donors (Lipinski definition) is 1. The monoisotopic (exact) mass is 323 g/mol. The molecule has 0 aromatic heterocycles. The van der Waals surface area contributed by atoms with Gasteiger partial charge in [0, 0.05) is 12.5 Å². The Morgan fingerprint density at radius 3 is 2.62 bits per heavy atom. The summed E-state index contributed by atoms with van der Waals surface area (Å²) in [6.45, 7) is 0.580. The highest BCUT2D eigenvalue weighted by atomic mass is 16.4. The number of piperidine rings is 1. The maximum absolute atomic E-state index is 12.8. The highest BCUT2D eigenvalue weighted by Crippen LogP contribution is 2.49. The second-order valence-corrected chi connectivity index (χ2v) is 6.94. The summed E-state index contributed by atoms with van der Waals surface area (Å²) in [5.74, 6) is -0.657. The summed E-state index contributed by atoms with van der Waals surface area (Å²) in [6.07, 6.45) is 3.21. The third kappa shape index (κ3) is 2.66. The molecular formula is C20H21NO3. The number of carboxylic acids is 1. The topological polar surface area (TPSA) is 57.6 Å². The Balaban J connectivity index is 1.52. The van der Waals surface area contributed by atoms with Crippen LogP contribution in [0, 0.1) is 5.92 Å². The lowest BCUT2D eigenvalue weighted by molar-refractivity contribution is -0.152. The molecule has 4 rings (SSSR count). The number of benzene rings is 2. The van der Waals surface area contributed by atoms with Gasteiger partial charge in [0.05, 0.1) is 0 Å². The number of amides is 1. The fourth-order valence-electron chi connectivity index (χ4n) is 3.94. The van der Waals surface area contributed by atoms with E-state index in [0.29, 0.717) is 13.0 Å². The van der Waals surface area contributed by atoms with E-state index >= 15 is 0 Å². The number of rotatable bonds is 3. The van der Waals surface area contributed by atoms with Gasteiger partial charge in [-0.1, -0.05) is 42.5 Å². The molecule has 1 amide bonds. The molecule has 1 heterocycles. The van der Waals surface area contributed by atoms with Gasteiger partial charge in [-0.3, -0.25) is 4.79 Å². The summed E-state index contributed by atoms with van der Waals surface area (Å²) < 4.78 is 0. The van der Waals surface area contributed by atoms with Gasteiger partial charge in [-0.05, 0) is 47.9 Å². The molecule has 0 spiro atoms. The average Bonchev–Trinajstić information content (AvgIpc) is 3.41.